The maximum absolute atomic E-state index is 13.3. The van der Waals surface area contributed by atoms with E-state index in [9.17, 15) is 17.6 Å². The summed E-state index contributed by atoms with van der Waals surface area (Å²) in [6.07, 6.45) is -3.36. The van der Waals surface area contributed by atoms with E-state index < -0.39 is 17.6 Å². The Hall–Kier alpha value is -1.92. The van der Waals surface area contributed by atoms with Gasteiger partial charge in [0.25, 0.3) is 0 Å². The van der Waals surface area contributed by atoms with Gasteiger partial charge in [0, 0.05) is 5.56 Å². The SMILES string of the molecule is Fc1ccc(C(F)(F)F)cc1-c1cn[nH]n1. The van der Waals surface area contributed by atoms with Crippen molar-refractivity contribution in [2.75, 3.05) is 0 Å². The number of benzene rings is 1. The predicted octanol–water partition coefficient (Wildman–Crippen LogP) is 2.63. The van der Waals surface area contributed by atoms with Gasteiger partial charge < -0.3 is 0 Å². The molecule has 0 unspecified atom stereocenters. The van der Waals surface area contributed by atoms with Gasteiger partial charge in [-0.15, -0.1) is 0 Å². The number of nitrogens with zero attached hydrogens (tertiary/aromatic N) is 2. The molecule has 7 heteroatoms. The zero-order valence-electron chi connectivity index (χ0n) is 7.72. The fraction of sp³-hybridized carbons (Fsp3) is 0.111. The van der Waals surface area contributed by atoms with Crippen LogP contribution in [-0.2, 0) is 6.18 Å². The summed E-state index contributed by atoms with van der Waals surface area (Å²) in [5.74, 6) is -0.776. The van der Waals surface area contributed by atoms with Crippen molar-refractivity contribution in [1.82, 2.24) is 15.4 Å². The van der Waals surface area contributed by atoms with Crippen molar-refractivity contribution < 1.29 is 17.6 Å². The molecule has 0 saturated heterocycles. The zero-order chi connectivity index (χ0) is 11.8. The monoisotopic (exact) mass is 231 g/mol. The van der Waals surface area contributed by atoms with Gasteiger partial charge in [-0.2, -0.15) is 28.6 Å². The highest BCUT2D eigenvalue weighted by Gasteiger charge is 2.31. The standard InChI is InChI=1S/C9H5F4N3/c10-7-2-1-5(9(11,12)13)3-6(7)8-4-14-16-15-8/h1-4H,(H,14,15,16). The van der Waals surface area contributed by atoms with E-state index in [1.165, 1.54) is 0 Å². The number of nitrogens with one attached hydrogen (secondary N) is 1. The molecule has 0 spiro atoms. The summed E-state index contributed by atoms with van der Waals surface area (Å²) in [6.45, 7) is 0. The highest BCUT2D eigenvalue weighted by Crippen LogP contribution is 2.32. The minimum atomic E-state index is -4.51. The van der Waals surface area contributed by atoms with Crippen LogP contribution >= 0.6 is 0 Å². The Morgan fingerprint density at radius 2 is 1.94 bits per heavy atom. The molecule has 0 atom stereocenters. The topological polar surface area (TPSA) is 41.6 Å². The van der Waals surface area contributed by atoms with Gasteiger partial charge in [-0.05, 0) is 18.2 Å². The smallest absolute Gasteiger partial charge is 0.206 e. The fourth-order valence-corrected chi connectivity index (χ4v) is 1.23. The van der Waals surface area contributed by atoms with E-state index in [0.717, 1.165) is 12.3 Å². The Labute approximate surface area is 87.1 Å². The number of rotatable bonds is 1. The van der Waals surface area contributed by atoms with Crippen molar-refractivity contribution in [2.24, 2.45) is 0 Å². The summed E-state index contributed by atoms with van der Waals surface area (Å²) in [5.41, 5.74) is -1.13. The first-order chi connectivity index (χ1) is 7.48. The van der Waals surface area contributed by atoms with Gasteiger partial charge in [-0.25, -0.2) is 4.39 Å². The Morgan fingerprint density at radius 1 is 1.19 bits per heavy atom. The molecule has 84 valence electrons. The Kier molecular flexibility index (Phi) is 2.37. The van der Waals surface area contributed by atoms with Crippen molar-refractivity contribution in [2.45, 2.75) is 6.18 Å². The number of hydrogen-bond acceptors (Lipinski definition) is 2. The van der Waals surface area contributed by atoms with Crippen molar-refractivity contribution >= 4 is 0 Å². The molecule has 1 heterocycles. The molecule has 1 aromatic heterocycles. The Bertz CT molecular complexity index is 490. The number of H-pyrrole nitrogens is 1. The maximum Gasteiger partial charge on any atom is 0.416 e. The molecule has 1 N–H and O–H groups in total. The molecule has 0 radical (unpaired) electrons. The molecule has 0 amide bonds. The predicted molar refractivity (Wildman–Crippen MR) is 46.8 cm³/mol. The van der Waals surface area contributed by atoms with Gasteiger partial charge >= 0.3 is 6.18 Å². The first kappa shape index (κ1) is 10.6. The van der Waals surface area contributed by atoms with E-state index in [0.29, 0.717) is 12.1 Å². The number of halogens is 4. The maximum atomic E-state index is 13.3. The normalized spacial score (nSPS) is 11.8. The molecule has 0 aliphatic rings. The van der Waals surface area contributed by atoms with Crippen LogP contribution < -0.4 is 0 Å². The fourth-order valence-electron chi connectivity index (χ4n) is 1.23. The van der Waals surface area contributed by atoms with Crippen LogP contribution in [0.1, 0.15) is 5.56 Å². The van der Waals surface area contributed by atoms with Gasteiger partial charge in [-0.1, -0.05) is 0 Å². The molecule has 0 aliphatic heterocycles. The summed E-state index contributed by atoms with van der Waals surface area (Å²) in [6, 6.07) is 2.14. The lowest BCUT2D eigenvalue weighted by atomic mass is 10.1. The van der Waals surface area contributed by atoms with Crippen LogP contribution in [0.15, 0.2) is 24.4 Å². The average molecular weight is 231 g/mol. The van der Waals surface area contributed by atoms with E-state index in [2.05, 4.69) is 15.4 Å². The second-order valence-corrected chi connectivity index (χ2v) is 3.05. The highest BCUT2D eigenvalue weighted by atomic mass is 19.4. The number of aromatic nitrogens is 3. The Balaban J connectivity index is 2.54. The lowest BCUT2D eigenvalue weighted by molar-refractivity contribution is -0.137. The summed E-state index contributed by atoms with van der Waals surface area (Å²) in [5, 5.41) is 9.14. The number of hydrogen-bond donors (Lipinski definition) is 1. The number of aromatic amines is 1. The van der Waals surface area contributed by atoms with Gasteiger partial charge in [0.1, 0.15) is 11.5 Å². The second-order valence-electron chi connectivity index (χ2n) is 3.05. The van der Waals surface area contributed by atoms with Crippen molar-refractivity contribution in [1.29, 1.82) is 0 Å². The van der Waals surface area contributed by atoms with Crippen LogP contribution in [0.5, 0.6) is 0 Å². The highest BCUT2D eigenvalue weighted by molar-refractivity contribution is 5.59. The van der Waals surface area contributed by atoms with E-state index >= 15 is 0 Å². The minimum absolute atomic E-state index is 0.0311. The summed E-state index contributed by atoms with van der Waals surface area (Å²) in [7, 11) is 0. The lowest BCUT2D eigenvalue weighted by Gasteiger charge is -2.08. The zero-order valence-corrected chi connectivity index (χ0v) is 7.72. The van der Waals surface area contributed by atoms with Crippen LogP contribution in [0, 0.1) is 5.82 Å². The Morgan fingerprint density at radius 3 is 2.50 bits per heavy atom. The third-order valence-corrected chi connectivity index (χ3v) is 1.98. The molecule has 0 saturated carbocycles. The van der Waals surface area contributed by atoms with Gasteiger partial charge in [0.15, 0.2) is 0 Å². The van der Waals surface area contributed by atoms with E-state index in [1.807, 2.05) is 0 Å². The van der Waals surface area contributed by atoms with Crippen LogP contribution in [-0.4, -0.2) is 15.4 Å². The van der Waals surface area contributed by atoms with Crippen molar-refractivity contribution in [3.8, 4) is 11.3 Å². The van der Waals surface area contributed by atoms with Crippen LogP contribution in [0.4, 0.5) is 17.6 Å². The van der Waals surface area contributed by atoms with Crippen LogP contribution in [0.3, 0.4) is 0 Å². The molecule has 2 rings (SSSR count). The van der Waals surface area contributed by atoms with E-state index in [1.54, 1.807) is 0 Å². The number of alkyl halides is 3. The summed E-state index contributed by atoms with van der Waals surface area (Å²) >= 11 is 0. The molecule has 3 nitrogen and oxygen atoms in total. The molecule has 0 bridgehead atoms. The third-order valence-electron chi connectivity index (χ3n) is 1.98. The van der Waals surface area contributed by atoms with Gasteiger partial charge in [0.05, 0.1) is 11.8 Å². The van der Waals surface area contributed by atoms with E-state index in [-0.39, 0.29) is 11.3 Å². The molecular weight excluding hydrogens is 226 g/mol. The largest absolute Gasteiger partial charge is 0.416 e. The molecule has 16 heavy (non-hydrogen) atoms. The van der Waals surface area contributed by atoms with E-state index in [4.69, 9.17) is 0 Å². The van der Waals surface area contributed by atoms with Crippen molar-refractivity contribution in [3.05, 3.63) is 35.8 Å². The molecule has 0 fully saturated rings. The molecular formula is C9H5F4N3. The first-order valence-electron chi connectivity index (χ1n) is 4.21. The van der Waals surface area contributed by atoms with Gasteiger partial charge in [0.2, 0.25) is 0 Å². The van der Waals surface area contributed by atoms with Crippen molar-refractivity contribution in [3.63, 3.8) is 0 Å². The van der Waals surface area contributed by atoms with Crippen LogP contribution in [0.25, 0.3) is 11.3 Å². The van der Waals surface area contributed by atoms with Crippen LogP contribution in [0.2, 0.25) is 0 Å². The summed E-state index contributed by atoms with van der Waals surface area (Å²) < 4.78 is 50.4. The second kappa shape index (κ2) is 3.58. The lowest BCUT2D eigenvalue weighted by Crippen LogP contribution is -2.05. The average Bonchev–Trinajstić information content (AvgIpc) is 2.69. The first-order valence-corrected chi connectivity index (χ1v) is 4.21. The minimum Gasteiger partial charge on any atom is -0.206 e. The molecule has 2 aromatic rings. The third kappa shape index (κ3) is 1.88. The summed E-state index contributed by atoms with van der Waals surface area (Å²) in [4.78, 5) is 0. The van der Waals surface area contributed by atoms with Gasteiger partial charge in [-0.3, -0.25) is 0 Å². The quantitative estimate of drug-likeness (QED) is 0.766. The molecule has 1 aromatic carbocycles. The molecule has 0 aliphatic carbocycles.